The van der Waals surface area contributed by atoms with Gasteiger partial charge in [-0.05, 0) is 37.4 Å². The van der Waals surface area contributed by atoms with E-state index in [1.54, 1.807) is 0 Å². The van der Waals surface area contributed by atoms with Crippen molar-refractivity contribution in [1.29, 1.82) is 0 Å². The zero-order valence-corrected chi connectivity index (χ0v) is 12.2. The number of para-hydroxylation sites is 1. The topological polar surface area (TPSA) is 37.2 Å². The normalized spacial score (nSPS) is 10.6. The van der Waals surface area contributed by atoms with E-state index < -0.39 is 0 Å². The van der Waals surface area contributed by atoms with Gasteiger partial charge >= 0.3 is 0 Å². The number of rotatable bonds is 7. The first-order chi connectivity index (χ1) is 8.83. The molecule has 0 aliphatic heterocycles. The van der Waals surface area contributed by atoms with Crippen LogP contribution in [-0.2, 0) is 13.6 Å². The van der Waals surface area contributed by atoms with Crippen molar-refractivity contribution in [2.24, 2.45) is 7.05 Å². The van der Waals surface area contributed by atoms with Gasteiger partial charge < -0.3 is 15.0 Å². The van der Waals surface area contributed by atoms with E-state index >= 15 is 0 Å². The standard InChI is InChI=1S/C15H22N2O.ClH/c1-17-12-13(11-16-9-5-2-6-10-18)14-7-3-4-8-15(14)17;/h3-4,7-8,12,16,18H,2,5-6,9-11H2,1H3;1H. The van der Waals surface area contributed by atoms with Crippen LogP contribution in [0.4, 0.5) is 0 Å². The molecule has 1 heterocycles. The minimum absolute atomic E-state index is 0. The number of hydrogen-bond acceptors (Lipinski definition) is 2. The lowest BCUT2D eigenvalue weighted by atomic mass is 10.2. The summed E-state index contributed by atoms with van der Waals surface area (Å²) in [6.45, 7) is 2.24. The number of nitrogens with zero attached hydrogens (tertiary/aromatic N) is 1. The summed E-state index contributed by atoms with van der Waals surface area (Å²) in [4.78, 5) is 0. The zero-order valence-electron chi connectivity index (χ0n) is 11.4. The summed E-state index contributed by atoms with van der Waals surface area (Å²) in [6.07, 6.45) is 5.34. The van der Waals surface area contributed by atoms with Crippen molar-refractivity contribution in [1.82, 2.24) is 9.88 Å². The summed E-state index contributed by atoms with van der Waals surface area (Å²) in [6, 6.07) is 8.50. The van der Waals surface area contributed by atoms with Crippen LogP contribution in [0.5, 0.6) is 0 Å². The summed E-state index contributed by atoms with van der Waals surface area (Å²) >= 11 is 0. The molecule has 106 valence electrons. The molecular weight excluding hydrogens is 260 g/mol. The van der Waals surface area contributed by atoms with E-state index in [-0.39, 0.29) is 12.4 Å². The van der Waals surface area contributed by atoms with Gasteiger partial charge in [-0.3, -0.25) is 0 Å². The van der Waals surface area contributed by atoms with Crippen LogP contribution in [-0.4, -0.2) is 22.8 Å². The second-order valence-corrected chi connectivity index (χ2v) is 4.74. The second kappa shape index (κ2) is 8.20. The Hall–Kier alpha value is -1.03. The van der Waals surface area contributed by atoms with Gasteiger partial charge in [0, 0.05) is 37.3 Å². The molecule has 0 spiro atoms. The summed E-state index contributed by atoms with van der Waals surface area (Å²) in [5.74, 6) is 0. The highest BCUT2D eigenvalue weighted by Gasteiger charge is 2.04. The first kappa shape index (κ1) is 16.0. The van der Waals surface area contributed by atoms with Gasteiger partial charge in [0.25, 0.3) is 0 Å². The zero-order chi connectivity index (χ0) is 12.8. The van der Waals surface area contributed by atoms with Crippen LogP contribution in [0.2, 0.25) is 0 Å². The molecule has 0 aliphatic carbocycles. The molecule has 1 aromatic heterocycles. The Bertz CT molecular complexity index is 496. The Kier molecular flexibility index (Phi) is 6.92. The molecule has 4 heteroatoms. The number of aliphatic hydroxyl groups is 1. The number of fused-ring (bicyclic) bond motifs is 1. The number of aryl methyl sites for hydroxylation is 1. The third-order valence-corrected chi connectivity index (χ3v) is 3.31. The molecule has 2 N–H and O–H groups in total. The Balaban J connectivity index is 0.00000180. The van der Waals surface area contributed by atoms with Crippen LogP contribution in [0.3, 0.4) is 0 Å². The largest absolute Gasteiger partial charge is 0.396 e. The summed E-state index contributed by atoms with van der Waals surface area (Å²) in [5, 5.41) is 13.5. The Morgan fingerprint density at radius 2 is 1.95 bits per heavy atom. The van der Waals surface area contributed by atoms with E-state index in [4.69, 9.17) is 5.11 Å². The fourth-order valence-corrected chi connectivity index (χ4v) is 2.33. The first-order valence-electron chi connectivity index (χ1n) is 6.67. The van der Waals surface area contributed by atoms with E-state index in [1.165, 1.54) is 16.5 Å². The molecule has 0 atom stereocenters. The van der Waals surface area contributed by atoms with Crippen molar-refractivity contribution in [2.75, 3.05) is 13.2 Å². The quantitative estimate of drug-likeness (QED) is 0.766. The number of benzene rings is 1. The number of nitrogens with one attached hydrogen (secondary N) is 1. The lowest BCUT2D eigenvalue weighted by Gasteiger charge is -2.03. The van der Waals surface area contributed by atoms with E-state index in [2.05, 4.69) is 47.4 Å². The maximum absolute atomic E-state index is 8.70. The fourth-order valence-electron chi connectivity index (χ4n) is 2.33. The van der Waals surface area contributed by atoms with Crippen molar-refractivity contribution in [3.05, 3.63) is 36.0 Å². The molecule has 0 saturated heterocycles. The smallest absolute Gasteiger partial charge is 0.0481 e. The molecule has 0 saturated carbocycles. The molecule has 2 aromatic rings. The molecule has 2 rings (SSSR count). The van der Waals surface area contributed by atoms with Crippen LogP contribution in [0, 0.1) is 0 Å². The molecule has 3 nitrogen and oxygen atoms in total. The molecule has 0 fully saturated rings. The van der Waals surface area contributed by atoms with Crippen LogP contribution >= 0.6 is 12.4 Å². The van der Waals surface area contributed by atoms with Crippen LogP contribution in [0.1, 0.15) is 24.8 Å². The third kappa shape index (κ3) is 4.23. The summed E-state index contributed by atoms with van der Waals surface area (Å²) in [5.41, 5.74) is 2.64. The lowest BCUT2D eigenvalue weighted by Crippen LogP contribution is -2.14. The minimum atomic E-state index is 0. The highest BCUT2D eigenvalue weighted by atomic mass is 35.5. The molecule has 0 bridgehead atoms. The maximum atomic E-state index is 8.70. The van der Waals surface area contributed by atoms with Gasteiger partial charge in [-0.1, -0.05) is 18.2 Å². The van der Waals surface area contributed by atoms with Crippen LogP contribution < -0.4 is 5.32 Å². The minimum Gasteiger partial charge on any atom is -0.396 e. The van der Waals surface area contributed by atoms with E-state index in [0.29, 0.717) is 6.61 Å². The molecule has 19 heavy (non-hydrogen) atoms. The van der Waals surface area contributed by atoms with Gasteiger partial charge in [-0.25, -0.2) is 0 Å². The number of aliphatic hydroxyl groups excluding tert-OH is 1. The highest BCUT2D eigenvalue weighted by molar-refractivity contribution is 5.85. The van der Waals surface area contributed by atoms with Crippen molar-refractivity contribution in [3.8, 4) is 0 Å². The van der Waals surface area contributed by atoms with E-state index in [9.17, 15) is 0 Å². The molecule has 0 amide bonds. The number of unbranched alkanes of at least 4 members (excludes halogenated alkanes) is 2. The van der Waals surface area contributed by atoms with Crippen LogP contribution in [0.15, 0.2) is 30.5 Å². The number of halogens is 1. The average Bonchev–Trinajstić information content (AvgIpc) is 2.71. The summed E-state index contributed by atoms with van der Waals surface area (Å²) < 4.78 is 2.18. The first-order valence-corrected chi connectivity index (χ1v) is 6.67. The monoisotopic (exact) mass is 282 g/mol. The van der Waals surface area contributed by atoms with Crippen molar-refractivity contribution >= 4 is 23.3 Å². The van der Waals surface area contributed by atoms with Gasteiger partial charge in [0.1, 0.15) is 0 Å². The summed E-state index contributed by atoms with van der Waals surface area (Å²) in [7, 11) is 2.09. The SMILES string of the molecule is Cl.Cn1cc(CNCCCCCO)c2ccccc21. The molecular formula is C15H23ClN2O. The lowest BCUT2D eigenvalue weighted by molar-refractivity contribution is 0.283. The Morgan fingerprint density at radius 3 is 2.74 bits per heavy atom. The second-order valence-electron chi connectivity index (χ2n) is 4.74. The van der Waals surface area contributed by atoms with Crippen molar-refractivity contribution in [3.63, 3.8) is 0 Å². The average molecular weight is 283 g/mol. The van der Waals surface area contributed by atoms with Crippen molar-refractivity contribution < 1.29 is 5.11 Å². The van der Waals surface area contributed by atoms with E-state index in [1.807, 2.05) is 0 Å². The molecule has 0 unspecified atom stereocenters. The van der Waals surface area contributed by atoms with Crippen LogP contribution in [0.25, 0.3) is 10.9 Å². The molecule has 0 radical (unpaired) electrons. The maximum Gasteiger partial charge on any atom is 0.0481 e. The van der Waals surface area contributed by atoms with Gasteiger partial charge in [0.2, 0.25) is 0 Å². The molecule has 1 aromatic carbocycles. The van der Waals surface area contributed by atoms with Gasteiger partial charge in [0.05, 0.1) is 0 Å². The number of aromatic nitrogens is 1. The predicted octanol–water partition coefficient (Wildman–Crippen LogP) is 2.85. The van der Waals surface area contributed by atoms with Gasteiger partial charge in [0.15, 0.2) is 0 Å². The Labute approximate surface area is 121 Å². The van der Waals surface area contributed by atoms with Gasteiger partial charge in [-0.2, -0.15) is 0 Å². The highest BCUT2D eigenvalue weighted by Crippen LogP contribution is 2.19. The van der Waals surface area contributed by atoms with Gasteiger partial charge in [-0.15, -0.1) is 12.4 Å². The fraction of sp³-hybridized carbons (Fsp3) is 0.467. The molecule has 0 aliphatic rings. The van der Waals surface area contributed by atoms with E-state index in [0.717, 1.165) is 32.4 Å². The predicted molar refractivity (Wildman–Crippen MR) is 82.8 cm³/mol. The Morgan fingerprint density at radius 1 is 1.16 bits per heavy atom. The van der Waals surface area contributed by atoms with Crippen molar-refractivity contribution in [2.45, 2.75) is 25.8 Å². The third-order valence-electron chi connectivity index (χ3n) is 3.31. The number of hydrogen-bond donors (Lipinski definition) is 2.